The monoisotopic (exact) mass is 211 g/mol. The SMILES string of the molecule is C=C(C)CCOCCNCC1CCCC1. The van der Waals surface area contributed by atoms with E-state index in [1.807, 2.05) is 6.92 Å². The van der Waals surface area contributed by atoms with Crippen molar-refractivity contribution in [1.82, 2.24) is 5.32 Å². The van der Waals surface area contributed by atoms with Crippen LogP contribution in [0.25, 0.3) is 0 Å². The smallest absolute Gasteiger partial charge is 0.0591 e. The molecule has 1 rings (SSSR count). The lowest BCUT2D eigenvalue weighted by Gasteiger charge is -2.10. The number of ether oxygens (including phenoxy) is 1. The Bertz CT molecular complexity index is 173. The lowest BCUT2D eigenvalue weighted by Crippen LogP contribution is -2.25. The summed E-state index contributed by atoms with van der Waals surface area (Å²) in [6.07, 6.45) is 6.69. The van der Waals surface area contributed by atoms with Crippen molar-refractivity contribution in [3.63, 3.8) is 0 Å². The van der Waals surface area contributed by atoms with Crippen LogP contribution in [0.1, 0.15) is 39.0 Å². The van der Waals surface area contributed by atoms with Crippen LogP contribution in [0.4, 0.5) is 0 Å². The predicted octanol–water partition coefficient (Wildman–Crippen LogP) is 2.75. The molecule has 0 bridgehead atoms. The largest absolute Gasteiger partial charge is 0.380 e. The zero-order valence-corrected chi connectivity index (χ0v) is 10.1. The van der Waals surface area contributed by atoms with Gasteiger partial charge in [0.1, 0.15) is 0 Å². The molecule has 1 fully saturated rings. The van der Waals surface area contributed by atoms with E-state index in [1.54, 1.807) is 0 Å². The van der Waals surface area contributed by atoms with E-state index in [4.69, 9.17) is 4.74 Å². The summed E-state index contributed by atoms with van der Waals surface area (Å²) in [5.74, 6) is 0.931. The standard InChI is InChI=1S/C13H25NO/c1-12(2)7-9-15-10-8-14-11-13-5-3-4-6-13/h13-14H,1,3-11H2,2H3. The topological polar surface area (TPSA) is 21.3 Å². The first-order valence-electron chi connectivity index (χ1n) is 6.22. The van der Waals surface area contributed by atoms with E-state index in [0.29, 0.717) is 0 Å². The summed E-state index contributed by atoms with van der Waals surface area (Å²) in [6.45, 7) is 9.72. The Balaban J connectivity index is 1.78. The molecule has 1 saturated carbocycles. The quantitative estimate of drug-likeness (QED) is 0.492. The first kappa shape index (κ1) is 12.7. The van der Waals surface area contributed by atoms with E-state index in [-0.39, 0.29) is 0 Å². The van der Waals surface area contributed by atoms with Crippen LogP contribution in [0.15, 0.2) is 12.2 Å². The summed E-state index contributed by atoms with van der Waals surface area (Å²) < 4.78 is 5.49. The van der Waals surface area contributed by atoms with Crippen LogP contribution in [0.5, 0.6) is 0 Å². The molecular formula is C13H25NO. The van der Waals surface area contributed by atoms with Crippen molar-refractivity contribution >= 4 is 0 Å². The molecule has 0 spiro atoms. The highest BCUT2D eigenvalue weighted by Crippen LogP contribution is 2.23. The molecule has 0 unspecified atom stereocenters. The minimum atomic E-state index is 0.820. The third-order valence-electron chi connectivity index (χ3n) is 3.00. The number of hydrogen-bond donors (Lipinski definition) is 1. The zero-order valence-electron chi connectivity index (χ0n) is 10.1. The molecule has 0 aliphatic heterocycles. The molecule has 0 aromatic heterocycles. The highest BCUT2D eigenvalue weighted by molar-refractivity contribution is 4.87. The van der Waals surface area contributed by atoms with Crippen molar-refractivity contribution in [2.24, 2.45) is 5.92 Å². The maximum absolute atomic E-state index is 5.49. The first-order chi connectivity index (χ1) is 7.29. The van der Waals surface area contributed by atoms with Gasteiger partial charge in [-0.1, -0.05) is 18.4 Å². The molecule has 1 N–H and O–H groups in total. The van der Waals surface area contributed by atoms with Gasteiger partial charge >= 0.3 is 0 Å². The number of nitrogens with one attached hydrogen (secondary N) is 1. The summed E-state index contributed by atoms with van der Waals surface area (Å²) in [7, 11) is 0. The fourth-order valence-corrected chi connectivity index (χ4v) is 2.01. The number of rotatable bonds is 8. The summed E-state index contributed by atoms with van der Waals surface area (Å²) in [5, 5.41) is 3.47. The van der Waals surface area contributed by atoms with Crippen LogP contribution in [0.3, 0.4) is 0 Å². The second-order valence-corrected chi connectivity index (χ2v) is 4.67. The van der Waals surface area contributed by atoms with Gasteiger partial charge in [0.05, 0.1) is 13.2 Å². The van der Waals surface area contributed by atoms with Crippen molar-refractivity contribution < 1.29 is 4.74 Å². The molecule has 2 nitrogen and oxygen atoms in total. The van der Waals surface area contributed by atoms with Crippen LogP contribution >= 0.6 is 0 Å². The highest BCUT2D eigenvalue weighted by Gasteiger charge is 2.13. The van der Waals surface area contributed by atoms with E-state index in [2.05, 4.69) is 11.9 Å². The third-order valence-corrected chi connectivity index (χ3v) is 3.00. The average molecular weight is 211 g/mol. The van der Waals surface area contributed by atoms with Crippen molar-refractivity contribution in [1.29, 1.82) is 0 Å². The second kappa shape index (κ2) is 7.89. The Kier molecular flexibility index (Phi) is 6.69. The summed E-state index contributed by atoms with van der Waals surface area (Å²) >= 11 is 0. The Labute approximate surface area is 94.1 Å². The van der Waals surface area contributed by atoms with E-state index in [0.717, 1.165) is 32.1 Å². The molecule has 1 aliphatic carbocycles. The van der Waals surface area contributed by atoms with Gasteiger partial charge in [-0.15, -0.1) is 6.58 Å². The lowest BCUT2D eigenvalue weighted by atomic mass is 10.1. The molecule has 15 heavy (non-hydrogen) atoms. The van der Waals surface area contributed by atoms with Gasteiger partial charge in [0.25, 0.3) is 0 Å². The summed E-state index contributed by atoms with van der Waals surface area (Å²) in [6, 6.07) is 0. The molecule has 0 aromatic carbocycles. The molecule has 0 atom stereocenters. The molecule has 0 radical (unpaired) electrons. The van der Waals surface area contributed by atoms with Crippen molar-refractivity contribution in [2.45, 2.75) is 39.0 Å². The van der Waals surface area contributed by atoms with Crippen molar-refractivity contribution in [3.05, 3.63) is 12.2 Å². The molecule has 0 amide bonds. The maximum atomic E-state index is 5.49. The number of hydrogen-bond acceptors (Lipinski definition) is 2. The van der Waals surface area contributed by atoms with E-state index in [9.17, 15) is 0 Å². The van der Waals surface area contributed by atoms with Gasteiger partial charge in [-0.05, 0) is 38.6 Å². The minimum Gasteiger partial charge on any atom is -0.380 e. The Morgan fingerprint density at radius 1 is 1.33 bits per heavy atom. The highest BCUT2D eigenvalue weighted by atomic mass is 16.5. The van der Waals surface area contributed by atoms with E-state index in [1.165, 1.54) is 37.8 Å². The van der Waals surface area contributed by atoms with Crippen LogP contribution in [-0.2, 0) is 4.74 Å². The average Bonchev–Trinajstić information content (AvgIpc) is 2.68. The Hall–Kier alpha value is -0.340. The summed E-state index contributed by atoms with van der Waals surface area (Å²) in [4.78, 5) is 0. The molecule has 88 valence electrons. The minimum absolute atomic E-state index is 0.820. The predicted molar refractivity (Wildman–Crippen MR) is 65.1 cm³/mol. The maximum Gasteiger partial charge on any atom is 0.0591 e. The normalized spacial score (nSPS) is 17.1. The van der Waals surface area contributed by atoms with E-state index >= 15 is 0 Å². The van der Waals surface area contributed by atoms with Crippen LogP contribution in [0.2, 0.25) is 0 Å². The Morgan fingerprint density at radius 3 is 2.73 bits per heavy atom. The molecular weight excluding hydrogens is 186 g/mol. The molecule has 0 aromatic rings. The lowest BCUT2D eigenvalue weighted by molar-refractivity contribution is 0.138. The van der Waals surface area contributed by atoms with Gasteiger partial charge < -0.3 is 10.1 Å². The van der Waals surface area contributed by atoms with Crippen LogP contribution in [0, 0.1) is 5.92 Å². The zero-order chi connectivity index (χ0) is 10.9. The second-order valence-electron chi connectivity index (χ2n) is 4.67. The fourth-order valence-electron chi connectivity index (χ4n) is 2.01. The van der Waals surface area contributed by atoms with Gasteiger partial charge in [-0.3, -0.25) is 0 Å². The summed E-state index contributed by atoms with van der Waals surface area (Å²) in [5.41, 5.74) is 1.20. The Morgan fingerprint density at radius 2 is 2.07 bits per heavy atom. The van der Waals surface area contributed by atoms with Gasteiger partial charge in [0.2, 0.25) is 0 Å². The third kappa shape index (κ3) is 6.69. The molecule has 1 aliphatic rings. The molecule has 0 saturated heterocycles. The first-order valence-corrected chi connectivity index (χ1v) is 6.22. The van der Waals surface area contributed by atoms with Gasteiger partial charge in [0, 0.05) is 6.54 Å². The van der Waals surface area contributed by atoms with Gasteiger partial charge in [0.15, 0.2) is 0 Å². The van der Waals surface area contributed by atoms with Gasteiger partial charge in [-0.2, -0.15) is 0 Å². The van der Waals surface area contributed by atoms with Crippen LogP contribution in [-0.4, -0.2) is 26.3 Å². The van der Waals surface area contributed by atoms with Crippen molar-refractivity contribution in [2.75, 3.05) is 26.3 Å². The van der Waals surface area contributed by atoms with E-state index < -0.39 is 0 Å². The molecule has 0 heterocycles. The molecule has 2 heteroatoms. The van der Waals surface area contributed by atoms with Crippen molar-refractivity contribution in [3.8, 4) is 0 Å². The van der Waals surface area contributed by atoms with Crippen LogP contribution < -0.4 is 5.32 Å². The fraction of sp³-hybridized carbons (Fsp3) is 0.846. The van der Waals surface area contributed by atoms with Gasteiger partial charge in [-0.25, -0.2) is 0 Å².